The van der Waals surface area contributed by atoms with Crippen LogP contribution in [0.2, 0.25) is 0 Å². The van der Waals surface area contributed by atoms with E-state index >= 15 is 0 Å². The molecule has 162 valence electrons. The molecule has 2 aromatic heterocycles. The summed E-state index contributed by atoms with van der Waals surface area (Å²) in [5, 5.41) is 9.81. The number of nitrogens with one attached hydrogen (secondary N) is 2. The van der Waals surface area contributed by atoms with Crippen molar-refractivity contribution in [2.45, 2.75) is 6.18 Å². The number of pyridine rings is 1. The van der Waals surface area contributed by atoms with Crippen LogP contribution in [0.5, 0.6) is 0 Å². The van der Waals surface area contributed by atoms with E-state index in [0.29, 0.717) is 11.5 Å². The van der Waals surface area contributed by atoms with Gasteiger partial charge in [0.2, 0.25) is 0 Å². The molecule has 0 spiro atoms. The first kappa shape index (κ1) is 21.0. The summed E-state index contributed by atoms with van der Waals surface area (Å²) in [4.78, 5) is 21.2. The SMILES string of the molecule is Cn1cnc(-c2cccc(NC(=O)c3cccnc3Nc3cccc(C(F)(F)F)c3)c2)n1. The average molecular weight is 438 g/mol. The normalized spacial score (nSPS) is 11.2. The van der Waals surface area contributed by atoms with E-state index in [9.17, 15) is 18.0 Å². The Labute approximate surface area is 181 Å². The highest BCUT2D eigenvalue weighted by Crippen LogP contribution is 2.31. The highest BCUT2D eigenvalue weighted by atomic mass is 19.4. The van der Waals surface area contributed by atoms with Crippen molar-refractivity contribution in [1.82, 2.24) is 19.7 Å². The van der Waals surface area contributed by atoms with Crippen LogP contribution in [0, 0.1) is 0 Å². The zero-order valence-electron chi connectivity index (χ0n) is 16.8. The van der Waals surface area contributed by atoms with Gasteiger partial charge in [0, 0.05) is 30.2 Å². The van der Waals surface area contributed by atoms with Crippen molar-refractivity contribution in [2.24, 2.45) is 7.05 Å². The Morgan fingerprint density at radius 3 is 2.50 bits per heavy atom. The molecular weight excluding hydrogens is 421 g/mol. The van der Waals surface area contributed by atoms with Crippen LogP contribution in [-0.2, 0) is 13.2 Å². The van der Waals surface area contributed by atoms with Gasteiger partial charge in [-0.1, -0.05) is 18.2 Å². The minimum absolute atomic E-state index is 0.131. The molecule has 0 aliphatic rings. The third-order valence-electron chi connectivity index (χ3n) is 4.48. The van der Waals surface area contributed by atoms with Crippen molar-refractivity contribution in [3.8, 4) is 11.4 Å². The van der Waals surface area contributed by atoms with Crippen molar-refractivity contribution in [3.63, 3.8) is 0 Å². The number of hydrogen-bond acceptors (Lipinski definition) is 5. The van der Waals surface area contributed by atoms with E-state index in [-0.39, 0.29) is 17.1 Å². The zero-order chi connectivity index (χ0) is 22.7. The maximum atomic E-state index is 13.0. The molecule has 0 radical (unpaired) electrons. The second-order valence-corrected chi connectivity index (χ2v) is 6.88. The van der Waals surface area contributed by atoms with Gasteiger partial charge in [0.15, 0.2) is 5.82 Å². The molecule has 7 nitrogen and oxygen atoms in total. The lowest BCUT2D eigenvalue weighted by Crippen LogP contribution is -2.15. The summed E-state index contributed by atoms with van der Waals surface area (Å²) < 4.78 is 40.6. The van der Waals surface area contributed by atoms with Crippen molar-refractivity contribution >= 4 is 23.1 Å². The van der Waals surface area contributed by atoms with E-state index in [4.69, 9.17) is 0 Å². The molecule has 2 heterocycles. The molecule has 0 atom stereocenters. The number of hydrogen-bond donors (Lipinski definition) is 2. The summed E-state index contributed by atoms with van der Waals surface area (Å²) in [5.41, 5.74) is 0.761. The summed E-state index contributed by atoms with van der Waals surface area (Å²) in [6, 6.07) is 14.8. The summed E-state index contributed by atoms with van der Waals surface area (Å²) in [6.07, 6.45) is -1.46. The van der Waals surface area contributed by atoms with Gasteiger partial charge in [0.1, 0.15) is 12.1 Å². The maximum Gasteiger partial charge on any atom is 0.416 e. The van der Waals surface area contributed by atoms with E-state index in [2.05, 4.69) is 25.7 Å². The van der Waals surface area contributed by atoms with Crippen LogP contribution in [-0.4, -0.2) is 25.7 Å². The topological polar surface area (TPSA) is 84.7 Å². The molecule has 0 bridgehead atoms. The van der Waals surface area contributed by atoms with Crippen molar-refractivity contribution in [3.05, 3.63) is 84.3 Å². The number of carbonyl (C=O) groups is 1. The van der Waals surface area contributed by atoms with E-state index in [1.807, 2.05) is 6.07 Å². The molecule has 0 aliphatic carbocycles. The molecule has 2 aromatic carbocycles. The molecule has 0 unspecified atom stereocenters. The third kappa shape index (κ3) is 4.75. The van der Waals surface area contributed by atoms with Crippen LogP contribution in [0.3, 0.4) is 0 Å². The Morgan fingerprint density at radius 1 is 0.969 bits per heavy atom. The van der Waals surface area contributed by atoms with Crippen molar-refractivity contribution in [1.29, 1.82) is 0 Å². The molecule has 10 heteroatoms. The van der Waals surface area contributed by atoms with Crippen molar-refractivity contribution < 1.29 is 18.0 Å². The molecule has 0 saturated heterocycles. The quantitative estimate of drug-likeness (QED) is 0.463. The highest BCUT2D eigenvalue weighted by Gasteiger charge is 2.30. The molecule has 32 heavy (non-hydrogen) atoms. The van der Waals surface area contributed by atoms with E-state index < -0.39 is 17.6 Å². The Bertz CT molecular complexity index is 1270. The highest BCUT2D eigenvalue weighted by molar-refractivity contribution is 6.08. The second kappa shape index (κ2) is 8.50. The lowest BCUT2D eigenvalue weighted by molar-refractivity contribution is -0.137. The summed E-state index contributed by atoms with van der Waals surface area (Å²) >= 11 is 0. The number of aryl methyl sites for hydroxylation is 1. The van der Waals surface area contributed by atoms with Crippen LogP contribution in [0.4, 0.5) is 30.4 Å². The number of carbonyl (C=O) groups excluding carboxylic acids is 1. The number of rotatable bonds is 5. The largest absolute Gasteiger partial charge is 0.416 e. The fraction of sp³-hybridized carbons (Fsp3) is 0.0909. The van der Waals surface area contributed by atoms with Gasteiger partial charge in [-0.15, -0.1) is 0 Å². The first-order valence-electron chi connectivity index (χ1n) is 9.46. The van der Waals surface area contributed by atoms with Crippen LogP contribution < -0.4 is 10.6 Å². The van der Waals surface area contributed by atoms with Gasteiger partial charge in [-0.2, -0.15) is 18.3 Å². The van der Waals surface area contributed by atoms with E-state index in [1.165, 1.54) is 24.4 Å². The lowest BCUT2D eigenvalue weighted by atomic mass is 10.1. The van der Waals surface area contributed by atoms with Gasteiger partial charge in [-0.3, -0.25) is 9.48 Å². The predicted octanol–water partition coefficient (Wildman–Crippen LogP) is 4.89. The standard InChI is InChI=1S/C22H17F3N6O/c1-31-13-27-19(30-31)14-5-2-7-16(11-14)29-21(32)18-9-4-10-26-20(18)28-17-8-3-6-15(12-17)22(23,24)25/h2-13H,1H3,(H,26,28)(H,29,32). The minimum Gasteiger partial charge on any atom is -0.340 e. The van der Waals surface area contributed by atoms with Gasteiger partial charge in [-0.05, 0) is 42.5 Å². The fourth-order valence-electron chi connectivity index (χ4n) is 3.00. The first-order chi connectivity index (χ1) is 15.3. The molecule has 4 rings (SSSR count). The molecule has 0 aliphatic heterocycles. The molecule has 0 saturated carbocycles. The Hall–Kier alpha value is -4.21. The predicted molar refractivity (Wildman–Crippen MR) is 113 cm³/mol. The number of alkyl halides is 3. The van der Waals surface area contributed by atoms with Crippen LogP contribution in [0.1, 0.15) is 15.9 Å². The summed E-state index contributed by atoms with van der Waals surface area (Å²) in [6.45, 7) is 0. The average Bonchev–Trinajstić information content (AvgIpc) is 3.20. The van der Waals surface area contributed by atoms with Gasteiger partial charge >= 0.3 is 6.18 Å². The number of benzene rings is 2. The maximum absolute atomic E-state index is 13.0. The Morgan fingerprint density at radius 2 is 1.75 bits per heavy atom. The number of halogens is 3. The van der Waals surface area contributed by atoms with E-state index in [0.717, 1.165) is 17.7 Å². The smallest absolute Gasteiger partial charge is 0.340 e. The minimum atomic E-state index is -4.48. The Kier molecular flexibility index (Phi) is 5.59. The zero-order valence-corrected chi connectivity index (χ0v) is 16.8. The monoisotopic (exact) mass is 438 g/mol. The molecule has 0 fully saturated rings. The van der Waals surface area contributed by atoms with Gasteiger partial charge in [0.25, 0.3) is 5.91 Å². The third-order valence-corrected chi connectivity index (χ3v) is 4.48. The van der Waals surface area contributed by atoms with Gasteiger partial charge < -0.3 is 10.6 Å². The van der Waals surface area contributed by atoms with Crippen LogP contribution in [0.25, 0.3) is 11.4 Å². The van der Waals surface area contributed by atoms with Gasteiger partial charge in [-0.25, -0.2) is 9.97 Å². The van der Waals surface area contributed by atoms with E-state index in [1.54, 1.807) is 42.3 Å². The number of amides is 1. The van der Waals surface area contributed by atoms with Gasteiger partial charge in [0.05, 0.1) is 11.1 Å². The molecule has 1 amide bonds. The van der Waals surface area contributed by atoms with Crippen LogP contribution in [0.15, 0.2) is 73.2 Å². The number of aromatic nitrogens is 4. The summed E-state index contributed by atoms with van der Waals surface area (Å²) in [7, 11) is 1.75. The molecular formula is C22H17F3N6O. The second-order valence-electron chi connectivity index (χ2n) is 6.88. The summed E-state index contributed by atoms with van der Waals surface area (Å²) in [5.74, 6) is 0.169. The van der Waals surface area contributed by atoms with Crippen LogP contribution >= 0.6 is 0 Å². The van der Waals surface area contributed by atoms with Crippen molar-refractivity contribution in [2.75, 3.05) is 10.6 Å². The first-order valence-corrected chi connectivity index (χ1v) is 9.46. The Balaban J connectivity index is 1.56. The lowest BCUT2D eigenvalue weighted by Gasteiger charge is -2.13. The number of anilines is 3. The molecule has 2 N–H and O–H groups in total. The molecule has 4 aromatic rings. The fourth-order valence-corrected chi connectivity index (χ4v) is 3.00. The number of nitrogens with zero attached hydrogens (tertiary/aromatic N) is 4.